The van der Waals surface area contributed by atoms with Gasteiger partial charge in [0.05, 0.1) is 18.5 Å². The second kappa shape index (κ2) is 6.68. The van der Waals surface area contributed by atoms with E-state index in [0.29, 0.717) is 0 Å². The Morgan fingerprint density at radius 3 is 2.67 bits per heavy atom. The molecular formula is C19H31P2+. The molecule has 2 heterocycles. The molecule has 0 spiro atoms. The zero-order chi connectivity index (χ0) is 14.9. The van der Waals surface area contributed by atoms with E-state index in [1.165, 1.54) is 50.8 Å². The Kier molecular flexibility index (Phi) is 5.08. The molecule has 3 rings (SSSR count). The minimum Gasteiger partial charge on any atom is -0.0678 e. The Morgan fingerprint density at radius 1 is 1.10 bits per heavy atom. The zero-order valence-electron chi connectivity index (χ0n) is 14.0. The number of benzene rings is 1. The highest BCUT2D eigenvalue weighted by molar-refractivity contribution is 7.85. The van der Waals surface area contributed by atoms with Crippen LogP contribution >= 0.6 is 15.2 Å². The van der Waals surface area contributed by atoms with Crippen molar-refractivity contribution < 1.29 is 0 Å². The molecular weight excluding hydrogens is 290 g/mol. The lowest BCUT2D eigenvalue weighted by molar-refractivity contribution is 0.754. The van der Waals surface area contributed by atoms with Gasteiger partial charge in [0.1, 0.15) is 5.30 Å². The molecule has 0 aliphatic carbocycles. The maximum atomic E-state index is 2.68. The van der Waals surface area contributed by atoms with Gasteiger partial charge in [-0.15, -0.1) is 0 Å². The standard InChI is InChI=1S/C19H31P2/c1-4-16-10-8-14-20(16)18-12-6-7-13-19(18)21(3)15-9-11-17(21)5-2/h6-7,12-13,16-17H,4-5,8-11,14-15H2,1-3H3/q+1/t16-,17-,20?,21?/m1/s1. The van der Waals surface area contributed by atoms with Gasteiger partial charge in [-0.3, -0.25) is 0 Å². The lowest BCUT2D eigenvalue weighted by Crippen LogP contribution is -2.31. The van der Waals surface area contributed by atoms with Crippen LogP contribution in [-0.4, -0.2) is 30.3 Å². The quantitative estimate of drug-likeness (QED) is 0.668. The predicted molar refractivity (Wildman–Crippen MR) is 102 cm³/mol. The lowest BCUT2D eigenvalue weighted by Gasteiger charge is -2.29. The van der Waals surface area contributed by atoms with Crippen molar-refractivity contribution in [2.45, 2.75) is 63.7 Å². The second-order valence-corrected chi connectivity index (χ2v) is 13.9. The van der Waals surface area contributed by atoms with Gasteiger partial charge in [-0.25, -0.2) is 0 Å². The Hall–Kier alpha value is 0.0800. The summed E-state index contributed by atoms with van der Waals surface area (Å²) < 4.78 is 0. The molecule has 0 saturated carbocycles. The van der Waals surface area contributed by atoms with Gasteiger partial charge in [-0.05, 0) is 56.4 Å². The van der Waals surface area contributed by atoms with Crippen LogP contribution in [0.3, 0.4) is 0 Å². The molecule has 1 aromatic carbocycles. The summed E-state index contributed by atoms with van der Waals surface area (Å²) in [6.45, 7) is 7.52. The predicted octanol–water partition coefficient (Wildman–Crippen LogP) is 5.21. The van der Waals surface area contributed by atoms with E-state index in [4.69, 9.17) is 0 Å². The molecule has 0 nitrogen and oxygen atoms in total. The highest BCUT2D eigenvalue weighted by atomic mass is 31.2. The minimum atomic E-state index is -0.893. The van der Waals surface area contributed by atoms with E-state index in [-0.39, 0.29) is 7.92 Å². The summed E-state index contributed by atoms with van der Waals surface area (Å²) in [5, 5.41) is 3.67. The third kappa shape index (κ3) is 2.84. The molecule has 2 aliphatic rings. The third-order valence-corrected chi connectivity index (χ3v) is 14.5. The SMILES string of the molecule is CC[C@@H]1CCCP1c1ccccc1[P+]1(C)CCC[C@H]1CC. The molecule has 2 aliphatic heterocycles. The van der Waals surface area contributed by atoms with E-state index in [0.717, 1.165) is 11.3 Å². The Bertz CT molecular complexity index is 484. The first kappa shape index (κ1) is 16.0. The molecule has 2 heteroatoms. The first-order valence-corrected chi connectivity index (χ1v) is 13.0. The molecule has 2 fully saturated rings. The summed E-state index contributed by atoms with van der Waals surface area (Å²) in [6.07, 6.45) is 11.7. The summed E-state index contributed by atoms with van der Waals surface area (Å²) in [6, 6.07) is 9.69. The highest BCUT2D eigenvalue weighted by Gasteiger charge is 2.48. The van der Waals surface area contributed by atoms with E-state index in [2.05, 4.69) is 44.8 Å². The van der Waals surface area contributed by atoms with Crippen molar-refractivity contribution in [3.63, 3.8) is 0 Å². The van der Waals surface area contributed by atoms with Crippen LogP contribution in [0.15, 0.2) is 24.3 Å². The molecule has 116 valence electrons. The van der Waals surface area contributed by atoms with Gasteiger partial charge in [0, 0.05) is 12.6 Å². The second-order valence-electron chi connectivity index (χ2n) is 7.08. The van der Waals surface area contributed by atoms with Gasteiger partial charge in [0.25, 0.3) is 0 Å². The first-order chi connectivity index (χ1) is 10.2. The van der Waals surface area contributed by atoms with Gasteiger partial charge in [-0.2, -0.15) is 0 Å². The van der Waals surface area contributed by atoms with Gasteiger partial charge in [0.15, 0.2) is 0 Å². The molecule has 21 heavy (non-hydrogen) atoms. The summed E-state index contributed by atoms with van der Waals surface area (Å²) >= 11 is 0. The Morgan fingerprint density at radius 2 is 1.90 bits per heavy atom. The van der Waals surface area contributed by atoms with E-state index in [1.807, 2.05) is 10.6 Å². The minimum absolute atomic E-state index is 0.131. The average molecular weight is 321 g/mol. The highest BCUT2D eigenvalue weighted by Crippen LogP contribution is 2.66. The van der Waals surface area contributed by atoms with Crippen molar-refractivity contribution in [3.05, 3.63) is 24.3 Å². The van der Waals surface area contributed by atoms with Crippen LogP contribution in [0.5, 0.6) is 0 Å². The van der Waals surface area contributed by atoms with Gasteiger partial charge < -0.3 is 0 Å². The van der Waals surface area contributed by atoms with Crippen molar-refractivity contribution >= 4 is 25.8 Å². The summed E-state index contributed by atoms with van der Waals surface area (Å²) in [5.41, 5.74) is 2.02. The molecule has 4 atom stereocenters. The molecule has 0 amide bonds. The van der Waals surface area contributed by atoms with Gasteiger partial charge in [-0.1, -0.05) is 40.0 Å². The van der Waals surface area contributed by atoms with Crippen molar-refractivity contribution in [1.82, 2.24) is 0 Å². The largest absolute Gasteiger partial charge is 0.102 e. The monoisotopic (exact) mass is 321 g/mol. The maximum absolute atomic E-state index is 2.68. The summed E-state index contributed by atoms with van der Waals surface area (Å²) in [4.78, 5) is 0. The van der Waals surface area contributed by atoms with Gasteiger partial charge in [0.2, 0.25) is 0 Å². The van der Waals surface area contributed by atoms with E-state index >= 15 is 0 Å². The van der Waals surface area contributed by atoms with Crippen molar-refractivity contribution in [3.8, 4) is 0 Å². The van der Waals surface area contributed by atoms with E-state index in [9.17, 15) is 0 Å². The zero-order valence-corrected chi connectivity index (χ0v) is 15.8. The van der Waals surface area contributed by atoms with E-state index < -0.39 is 7.26 Å². The maximum Gasteiger partial charge on any atom is 0.102 e. The van der Waals surface area contributed by atoms with Crippen molar-refractivity contribution in [2.75, 3.05) is 19.0 Å². The topological polar surface area (TPSA) is 0 Å². The Balaban J connectivity index is 2.00. The Labute approximate surface area is 133 Å². The van der Waals surface area contributed by atoms with Crippen LogP contribution in [0.2, 0.25) is 0 Å². The molecule has 0 radical (unpaired) electrons. The smallest absolute Gasteiger partial charge is 0.0678 e. The van der Waals surface area contributed by atoms with Crippen molar-refractivity contribution in [1.29, 1.82) is 0 Å². The van der Waals surface area contributed by atoms with Crippen LogP contribution < -0.4 is 10.6 Å². The number of hydrogen-bond acceptors (Lipinski definition) is 0. The van der Waals surface area contributed by atoms with Crippen LogP contribution in [0.1, 0.15) is 52.4 Å². The molecule has 1 aromatic rings. The third-order valence-electron chi connectivity index (χ3n) is 6.03. The fourth-order valence-electron chi connectivity index (χ4n) is 4.76. The summed E-state index contributed by atoms with van der Waals surface area (Å²) in [7, 11) is -0.762. The fraction of sp³-hybridized carbons (Fsp3) is 0.684. The molecule has 2 unspecified atom stereocenters. The first-order valence-electron chi connectivity index (χ1n) is 8.92. The number of hydrogen-bond donors (Lipinski definition) is 0. The van der Waals surface area contributed by atoms with Crippen molar-refractivity contribution in [2.24, 2.45) is 0 Å². The van der Waals surface area contributed by atoms with Crippen LogP contribution in [-0.2, 0) is 0 Å². The van der Waals surface area contributed by atoms with E-state index in [1.54, 1.807) is 0 Å². The van der Waals surface area contributed by atoms with Crippen LogP contribution in [0.25, 0.3) is 0 Å². The summed E-state index contributed by atoms with van der Waals surface area (Å²) in [5.74, 6) is 0. The average Bonchev–Trinajstić information content (AvgIpc) is 3.13. The molecule has 0 aromatic heterocycles. The fourth-order valence-corrected chi connectivity index (χ4v) is 13.4. The molecule has 0 bridgehead atoms. The van der Waals surface area contributed by atoms with Crippen LogP contribution in [0, 0.1) is 0 Å². The molecule has 0 N–H and O–H groups in total. The lowest BCUT2D eigenvalue weighted by atomic mass is 10.2. The normalized spacial score (nSPS) is 36.2. The van der Waals surface area contributed by atoms with Gasteiger partial charge >= 0.3 is 0 Å². The number of rotatable bonds is 4. The van der Waals surface area contributed by atoms with Crippen LogP contribution in [0.4, 0.5) is 0 Å². The molecule has 2 saturated heterocycles.